The number of ether oxygens (including phenoxy) is 1. The minimum absolute atomic E-state index is 0.135. The Balaban J connectivity index is 1.09. The minimum atomic E-state index is -0.745. The Morgan fingerprint density at radius 2 is 1.88 bits per heavy atom. The van der Waals surface area contributed by atoms with Crippen LogP contribution < -0.4 is 15.0 Å². The van der Waals surface area contributed by atoms with Crippen LogP contribution in [-0.2, 0) is 14.4 Å². The second kappa shape index (κ2) is 9.14. The summed E-state index contributed by atoms with van der Waals surface area (Å²) < 4.78 is 7.98. The summed E-state index contributed by atoms with van der Waals surface area (Å²) in [6.07, 6.45) is 6.96. The van der Waals surface area contributed by atoms with Crippen LogP contribution in [-0.4, -0.2) is 62.7 Å². The molecule has 0 spiro atoms. The van der Waals surface area contributed by atoms with E-state index in [0.717, 1.165) is 37.5 Å². The maximum atomic E-state index is 13.4. The molecule has 1 saturated carbocycles. The fourth-order valence-corrected chi connectivity index (χ4v) is 6.54. The standard InChI is InChI=1S/C29H30N6O5/c1-29(12-3-13-29)28(39)33-14-10-17(11-15-33)34-16-24(31-32-34)40-22-8-6-20-25-18(22)4-2-5-19(25)27(38)35(20)21-7-9-23(36)30-26(21)37/h2,4-6,8,16-17,21H,3,7,9-15H2,1H3,(H,30,36,37). The zero-order chi connectivity index (χ0) is 27.6. The third-order valence-electron chi connectivity index (χ3n) is 9.01. The molecule has 11 nitrogen and oxygen atoms in total. The summed E-state index contributed by atoms with van der Waals surface area (Å²) in [6, 6.07) is 8.33. The van der Waals surface area contributed by atoms with Crippen molar-refractivity contribution in [1.29, 1.82) is 0 Å². The highest BCUT2D eigenvalue weighted by molar-refractivity contribution is 6.27. The number of imide groups is 1. The van der Waals surface area contributed by atoms with Gasteiger partial charge in [0.1, 0.15) is 11.8 Å². The van der Waals surface area contributed by atoms with Crippen molar-refractivity contribution in [2.45, 2.75) is 64.0 Å². The smallest absolute Gasteiger partial charge is 0.259 e. The van der Waals surface area contributed by atoms with Crippen LogP contribution in [0, 0.1) is 5.41 Å². The molecule has 4 heterocycles. The van der Waals surface area contributed by atoms with E-state index in [4.69, 9.17) is 4.74 Å². The van der Waals surface area contributed by atoms with Crippen molar-refractivity contribution in [3.63, 3.8) is 0 Å². The molecule has 2 aromatic carbocycles. The quantitative estimate of drug-likeness (QED) is 0.490. The second-order valence-electron chi connectivity index (χ2n) is 11.5. The molecule has 3 aliphatic heterocycles. The first-order valence-electron chi connectivity index (χ1n) is 13.9. The Hall–Kier alpha value is -4.28. The molecule has 1 unspecified atom stereocenters. The first kappa shape index (κ1) is 24.7. The van der Waals surface area contributed by atoms with E-state index >= 15 is 0 Å². The summed E-state index contributed by atoms with van der Waals surface area (Å²) >= 11 is 0. The Morgan fingerprint density at radius 1 is 1.07 bits per heavy atom. The molecule has 11 heteroatoms. The maximum Gasteiger partial charge on any atom is 0.259 e. The van der Waals surface area contributed by atoms with Gasteiger partial charge in [-0.1, -0.05) is 35.8 Å². The van der Waals surface area contributed by atoms with Gasteiger partial charge in [-0.05, 0) is 50.3 Å². The zero-order valence-electron chi connectivity index (χ0n) is 22.3. The van der Waals surface area contributed by atoms with E-state index in [-0.39, 0.29) is 42.0 Å². The van der Waals surface area contributed by atoms with E-state index in [9.17, 15) is 19.2 Å². The average Bonchev–Trinajstić information content (AvgIpc) is 3.52. The number of hydrogen-bond donors (Lipinski definition) is 1. The number of rotatable bonds is 5. The fraction of sp³-hybridized carbons (Fsp3) is 0.448. The average molecular weight is 543 g/mol. The van der Waals surface area contributed by atoms with E-state index in [1.165, 1.54) is 4.90 Å². The van der Waals surface area contributed by atoms with Crippen LogP contribution in [0.2, 0.25) is 0 Å². The number of anilines is 1. The van der Waals surface area contributed by atoms with Crippen molar-refractivity contribution in [1.82, 2.24) is 25.2 Å². The molecular weight excluding hydrogens is 512 g/mol. The van der Waals surface area contributed by atoms with Crippen molar-refractivity contribution in [2.24, 2.45) is 5.41 Å². The van der Waals surface area contributed by atoms with Gasteiger partial charge < -0.3 is 9.64 Å². The van der Waals surface area contributed by atoms with Crippen molar-refractivity contribution in [2.75, 3.05) is 18.0 Å². The van der Waals surface area contributed by atoms with Gasteiger partial charge in [0.2, 0.25) is 17.7 Å². The molecule has 2 saturated heterocycles. The lowest BCUT2D eigenvalue weighted by atomic mass is 9.69. The van der Waals surface area contributed by atoms with Crippen LogP contribution in [0.25, 0.3) is 10.8 Å². The summed E-state index contributed by atoms with van der Waals surface area (Å²) in [6.45, 7) is 3.50. The Kier molecular flexibility index (Phi) is 5.65. The van der Waals surface area contributed by atoms with Gasteiger partial charge in [-0.25, -0.2) is 4.68 Å². The molecule has 1 aliphatic carbocycles. The highest BCUT2D eigenvalue weighted by Gasteiger charge is 2.43. The van der Waals surface area contributed by atoms with E-state index < -0.39 is 11.9 Å². The highest BCUT2D eigenvalue weighted by Crippen LogP contribution is 2.44. The number of piperidine rings is 2. The predicted octanol–water partition coefficient (Wildman–Crippen LogP) is 3.34. The highest BCUT2D eigenvalue weighted by atomic mass is 16.5. The van der Waals surface area contributed by atoms with Gasteiger partial charge in [-0.2, -0.15) is 0 Å². The molecule has 0 radical (unpaired) electrons. The Bertz CT molecular complexity index is 1570. The Labute approximate surface area is 230 Å². The van der Waals surface area contributed by atoms with E-state index in [0.29, 0.717) is 41.4 Å². The Morgan fingerprint density at radius 3 is 2.60 bits per heavy atom. The van der Waals surface area contributed by atoms with E-state index in [1.807, 2.05) is 15.6 Å². The molecule has 3 fully saturated rings. The number of carbonyl (C=O) groups excluding carboxylic acids is 4. The lowest BCUT2D eigenvalue weighted by Crippen LogP contribution is -2.53. The number of amides is 4. The first-order valence-corrected chi connectivity index (χ1v) is 13.9. The van der Waals surface area contributed by atoms with Gasteiger partial charge in [-0.3, -0.25) is 29.4 Å². The SMILES string of the molecule is CC1(C(=O)N2CCC(n3cc(Oc4ccc5c6c(cccc46)C(=O)N5C4CCC(=O)NC4=O)nn3)CC2)CCC1. The molecule has 4 aliphatic rings. The van der Waals surface area contributed by atoms with E-state index in [2.05, 4.69) is 22.6 Å². The number of carbonyl (C=O) groups is 4. The summed E-state index contributed by atoms with van der Waals surface area (Å²) in [5.41, 5.74) is 0.936. The molecule has 3 aromatic rings. The van der Waals surface area contributed by atoms with Gasteiger partial charge in [0.25, 0.3) is 11.8 Å². The number of nitrogens with zero attached hydrogens (tertiary/aromatic N) is 5. The van der Waals surface area contributed by atoms with Gasteiger partial charge >= 0.3 is 0 Å². The number of benzene rings is 2. The van der Waals surface area contributed by atoms with Crippen LogP contribution >= 0.6 is 0 Å². The largest absolute Gasteiger partial charge is 0.436 e. The van der Waals surface area contributed by atoms with Crippen molar-refractivity contribution < 1.29 is 23.9 Å². The monoisotopic (exact) mass is 542 g/mol. The van der Waals surface area contributed by atoms with Crippen LogP contribution in [0.5, 0.6) is 11.6 Å². The van der Waals surface area contributed by atoms with Crippen LogP contribution in [0.4, 0.5) is 5.69 Å². The number of likely N-dealkylation sites (tertiary alicyclic amines) is 1. The summed E-state index contributed by atoms with van der Waals surface area (Å²) in [7, 11) is 0. The third kappa shape index (κ3) is 3.86. The normalized spacial score (nSPS) is 22.4. The van der Waals surface area contributed by atoms with Crippen LogP contribution in [0.15, 0.2) is 36.5 Å². The molecule has 4 amide bonds. The molecule has 1 N–H and O–H groups in total. The zero-order valence-corrected chi connectivity index (χ0v) is 22.3. The van der Waals surface area contributed by atoms with Crippen molar-refractivity contribution in [3.8, 4) is 11.6 Å². The van der Waals surface area contributed by atoms with Crippen LogP contribution in [0.1, 0.15) is 68.3 Å². The number of aromatic nitrogens is 3. The van der Waals surface area contributed by atoms with E-state index in [1.54, 1.807) is 30.5 Å². The predicted molar refractivity (Wildman–Crippen MR) is 144 cm³/mol. The third-order valence-corrected chi connectivity index (χ3v) is 9.01. The lowest BCUT2D eigenvalue weighted by molar-refractivity contribution is -0.147. The first-order chi connectivity index (χ1) is 19.3. The molecule has 1 atom stereocenters. The van der Waals surface area contributed by atoms with Crippen LogP contribution in [0.3, 0.4) is 0 Å². The molecule has 7 rings (SSSR count). The van der Waals surface area contributed by atoms with Gasteiger partial charge in [0.15, 0.2) is 0 Å². The van der Waals surface area contributed by atoms with Crippen molar-refractivity contribution >= 4 is 40.1 Å². The summed E-state index contributed by atoms with van der Waals surface area (Å²) in [4.78, 5) is 54.0. The topological polar surface area (TPSA) is 127 Å². The molecule has 0 bridgehead atoms. The van der Waals surface area contributed by atoms with Gasteiger partial charge in [0, 0.05) is 41.3 Å². The minimum Gasteiger partial charge on any atom is -0.436 e. The summed E-state index contributed by atoms with van der Waals surface area (Å²) in [5.74, 6) is 0.0902. The molecule has 40 heavy (non-hydrogen) atoms. The molecule has 206 valence electrons. The van der Waals surface area contributed by atoms with Crippen molar-refractivity contribution in [3.05, 3.63) is 42.1 Å². The second-order valence-corrected chi connectivity index (χ2v) is 11.5. The fourth-order valence-electron chi connectivity index (χ4n) is 6.54. The molecule has 1 aromatic heterocycles. The maximum absolute atomic E-state index is 13.4. The summed E-state index contributed by atoms with van der Waals surface area (Å²) in [5, 5.41) is 12.3. The van der Waals surface area contributed by atoms with Gasteiger partial charge in [0.05, 0.1) is 17.9 Å². The lowest BCUT2D eigenvalue weighted by Gasteiger charge is -2.42. The van der Waals surface area contributed by atoms with Gasteiger partial charge in [-0.15, -0.1) is 0 Å². The molecular formula is C29H30N6O5. The number of hydrogen-bond acceptors (Lipinski definition) is 7. The number of nitrogens with one attached hydrogen (secondary N) is 1.